The second-order valence-corrected chi connectivity index (χ2v) is 4.57. The van der Waals surface area contributed by atoms with Gasteiger partial charge in [0.25, 0.3) is 5.91 Å². The van der Waals surface area contributed by atoms with Gasteiger partial charge in [0.05, 0.1) is 0 Å². The first-order valence-electron chi connectivity index (χ1n) is 6.03. The van der Waals surface area contributed by atoms with Gasteiger partial charge in [-0.2, -0.15) is 0 Å². The van der Waals surface area contributed by atoms with Crippen LogP contribution in [0.4, 0.5) is 13.2 Å². The molecule has 1 saturated heterocycles. The molecule has 19 heavy (non-hydrogen) atoms. The van der Waals surface area contributed by atoms with Crippen molar-refractivity contribution in [2.45, 2.75) is 32.2 Å². The third-order valence-corrected chi connectivity index (χ3v) is 3.13. The summed E-state index contributed by atoms with van der Waals surface area (Å²) in [4.78, 5) is 13.8. The van der Waals surface area contributed by atoms with Gasteiger partial charge in [-0.25, -0.2) is 0 Å². The largest absolute Gasteiger partial charge is 0.573 e. The van der Waals surface area contributed by atoms with Crippen molar-refractivity contribution in [3.8, 4) is 5.75 Å². The number of nitrogens with zero attached hydrogens (tertiary/aromatic N) is 1. The number of amides is 1. The highest BCUT2D eigenvalue weighted by atomic mass is 19.4. The van der Waals surface area contributed by atoms with Gasteiger partial charge in [0.1, 0.15) is 5.75 Å². The topological polar surface area (TPSA) is 29.5 Å². The van der Waals surface area contributed by atoms with Gasteiger partial charge in [-0.3, -0.25) is 4.79 Å². The summed E-state index contributed by atoms with van der Waals surface area (Å²) >= 11 is 0. The monoisotopic (exact) mass is 273 g/mol. The molecular weight excluding hydrogens is 259 g/mol. The molecule has 0 aliphatic carbocycles. The van der Waals surface area contributed by atoms with Crippen LogP contribution in [-0.2, 0) is 0 Å². The third-order valence-electron chi connectivity index (χ3n) is 3.13. The predicted molar refractivity (Wildman–Crippen MR) is 62.9 cm³/mol. The fourth-order valence-corrected chi connectivity index (χ4v) is 2.23. The molecule has 1 heterocycles. The Morgan fingerprint density at radius 1 is 1.42 bits per heavy atom. The summed E-state index contributed by atoms with van der Waals surface area (Å²) in [7, 11) is 0. The van der Waals surface area contributed by atoms with Gasteiger partial charge in [-0.05, 0) is 38.0 Å². The maximum atomic E-state index is 12.2. The number of rotatable bonds is 2. The lowest BCUT2D eigenvalue weighted by Gasteiger charge is -2.21. The highest BCUT2D eigenvalue weighted by Crippen LogP contribution is 2.25. The van der Waals surface area contributed by atoms with Crippen molar-refractivity contribution in [1.29, 1.82) is 0 Å². The first kappa shape index (κ1) is 13.7. The van der Waals surface area contributed by atoms with Gasteiger partial charge in [0.15, 0.2) is 0 Å². The number of ether oxygens (including phenoxy) is 1. The minimum absolute atomic E-state index is 0.125. The molecule has 6 heteroatoms. The highest BCUT2D eigenvalue weighted by molar-refractivity contribution is 5.95. The van der Waals surface area contributed by atoms with Gasteiger partial charge in [0, 0.05) is 18.2 Å². The van der Waals surface area contributed by atoms with E-state index in [4.69, 9.17) is 0 Å². The summed E-state index contributed by atoms with van der Waals surface area (Å²) in [6.07, 6.45) is -2.90. The molecule has 0 saturated carbocycles. The average Bonchev–Trinajstić information content (AvgIpc) is 2.72. The third kappa shape index (κ3) is 3.39. The van der Waals surface area contributed by atoms with E-state index in [1.807, 2.05) is 6.92 Å². The van der Waals surface area contributed by atoms with E-state index >= 15 is 0 Å². The molecular formula is C13H14F3NO2. The quantitative estimate of drug-likeness (QED) is 0.828. The van der Waals surface area contributed by atoms with Gasteiger partial charge < -0.3 is 9.64 Å². The Labute approximate surface area is 109 Å². The standard InChI is InChI=1S/C13H14F3NO2/c1-9-4-3-7-17(9)12(18)10-5-2-6-11(8-10)19-13(14,15)16/h2,5-6,8-9H,3-4,7H2,1H3. The minimum Gasteiger partial charge on any atom is -0.406 e. The number of hydrogen-bond acceptors (Lipinski definition) is 2. The van der Waals surface area contributed by atoms with Crippen molar-refractivity contribution >= 4 is 5.91 Å². The van der Waals surface area contributed by atoms with Crippen molar-refractivity contribution in [3.05, 3.63) is 29.8 Å². The number of alkyl halides is 3. The summed E-state index contributed by atoms with van der Waals surface area (Å²) in [6, 6.07) is 5.31. The molecule has 1 aromatic rings. The van der Waals surface area contributed by atoms with E-state index in [1.54, 1.807) is 4.90 Å². The normalized spacial score (nSPS) is 19.6. The van der Waals surface area contributed by atoms with Crippen LogP contribution in [0.3, 0.4) is 0 Å². The first-order chi connectivity index (χ1) is 8.87. The van der Waals surface area contributed by atoms with Gasteiger partial charge in [0.2, 0.25) is 0 Å². The lowest BCUT2D eigenvalue weighted by atomic mass is 10.1. The van der Waals surface area contributed by atoms with Crippen LogP contribution in [0.25, 0.3) is 0 Å². The van der Waals surface area contributed by atoms with Crippen LogP contribution in [0.5, 0.6) is 5.75 Å². The fourth-order valence-electron chi connectivity index (χ4n) is 2.23. The van der Waals surface area contributed by atoms with E-state index in [2.05, 4.69) is 4.74 Å². The predicted octanol–water partition coefficient (Wildman–Crippen LogP) is 3.21. The van der Waals surface area contributed by atoms with Crippen LogP contribution < -0.4 is 4.74 Å². The maximum absolute atomic E-state index is 12.2. The second kappa shape index (κ2) is 5.11. The van der Waals surface area contributed by atoms with Crippen LogP contribution in [0.2, 0.25) is 0 Å². The van der Waals surface area contributed by atoms with Crippen LogP contribution in [0.1, 0.15) is 30.1 Å². The molecule has 0 aromatic heterocycles. The first-order valence-corrected chi connectivity index (χ1v) is 6.03. The van der Waals surface area contributed by atoms with Gasteiger partial charge in [-0.15, -0.1) is 13.2 Å². The van der Waals surface area contributed by atoms with Crippen LogP contribution in [0, 0.1) is 0 Å². The van der Waals surface area contributed by atoms with Crippen LogP contribution in [-0.4, -0.2) is 29.8 Å². The molecule has 0 N–H and O–H groups in total. The zero-order valence-electron chi connectivity index (χ0n) is 10.4. The van der Waals surface area contributed by atoms with E-state index in [0.29, 0.717) is 6.54 Å². The van der Waals surface area contributed by atoms with Crippen molar-refractivity contribution in [3.63, 3.8) is 0 Å². The molecule has 3 nitrogen and oxygen atoms in total. The lowest BCUT2D eigenvalue weighted by molar-refractivity contribution is -0.274. The zero-order valence-corrected chi connectivity index (χ0v) is 10.4. The Balaban J connectivity index is 2.16. The molecule has 0 spiro atoms. The summed E-state index contributed by atoms with van der Waals surface area (Å²) in [5, 5.41) is 0. The highest BCUT2D eigenvalue weighted by Gasteiger charge is 2.32. The molecule has 1 aliphatic rings. The SMILES string of the molecule is CC1CCCN1C(=O)c1cccc(OC(F)(F)F)c1. The molecule has 0 radical (unpaired) electrons. The smallest absolute Gasteiger partial charge is 0.406 e. The molecule has 1 aromatic carbocycles. The summed E-state index contributed by atoms with van der Waals surface area (Å²) in [6.45, 7) is 2.57. The van der Waals surface area contributed by atoms with E-state index < -0.39 is 6.36 Å². The summed E-state index contributed by atoms with van der Waals surface area (Å²) in [5.74, 6) is -0.622. The molecule has 1 fully saturated rings. The van der Waals surface area contributed by atoms with Crippen molar-refractivity contribution in [2.24, 2.45) is 0 Å². The molecule has 2 rings (SSSR count). The van der Waals surface area contributed by atoms with E-state index in [1.165, 1.54) is 18.2 Å². The Morgan fingerprint density at radius 3 is 2.74 bits per heavy atom. The van der Waals surface area contributed by atoms with Gasteiger partial charge in [-0.1, -0.05) is 6.07 Å². The lowest BCUT2D eigenvalue weighted by Crippen LogP contribution is -2.33. The van der Waals surface area contributed by atoms with Gasteiger partial charge >= 0.3 is 6.36 Å². The number of halogens is 3. The number of likely N-dealkylation sites (tertiary alicyclic amines) is 1. The number of hydrogen-bond donors (Lipinski definition) is 0. The molecule has 1 aliphatic heterocycles. The summed E-state index contributed by atoms with van der Waals surface area (Å²) < 4.78 is 40.2. The Morgan fingerprint density at radius 2 is 2.16 bits per heavy atom. The van der Waals surface area contributed by atoms with Crippen molar-refractivity contribution in [2.75, 3.05) is 6.54 Å². The van der Waals surface area contributed by atoms with E-state index in [-0.39, 0.29) is 23.3 Å². The number of carbonyl (C=O) groups excluding carboxylic acids is 1. The Kier molecular flexibility index (Phi) is 3.68. The van der Waals surface area contributed by atoms with E-state index in [0.717, 1.165) is 18.9 Å². The van der Waals surface area contributed by atoms with Crippen LogP contribution >= 0.6 is 0 Å². The Bertz CT molecular complexity index is 473. The number of benzene rings is 1. The second-order valence-electron chi connectivity index (χ2n) is 4.57. The zero-order chi connectivity index (χ0) is 14.0. The average molecular weight is 273 g/mol. The van der Waals surface area contributed by atoms with Crippen LogP contribution in [0.15, 0.2) is 24.3 Å². The van der Waals surface area contributed by atoms with E-state index in [9.17, 15) is 18.0 Å². The molecule has 1 atom stereocenters. The minimum atomic E-state index is -4.75. The Hall–Kier alpha value is -1.72. The van der Waals surface area contributed by atoms with Crippen molar-refractivity contribution in [1.82, 2.24) is 4.90 Å². The maximum Gasteiger partial charge on any atom is 0.573 e. The van der Waals surface area contributed by atoms with Crippen molar-refractivity contribution < 1.29 is 22.7 Å². The molecule has 1 unspecified atom stereocenters. The molecule has 0 bridgehead atoms. The summed E-state index contributed by atoms with van der Waals surface area (Å²) in [5.41, 5.74) is 0.218. The fraction of sp³-hybridized carbons (Fsp3) is 0.462. The molecule has 1 amide bonds. The molecule has 104 valence electrons. The number of carbonyl (C=O) groups is 1.